The fourth-order valence-corrected chi connectivity index (χ4v) is 5.39. The van der Waals surface area contributed by atoms with Gasteiger partial charge >= 0.3 is 0 Å². The van der Waals surface area contributed by atoms with Crippen molar-refractivity contribution < 1.29 is 13.5 Å². The first-order valence-electron chi connectivity index (χ1n) is 14.2. The normalized spacial score (nSPS) is 15.1. The summed E-state index contributed by atoms with van der Waals surface area (Å²) in [7, 11) is 0. The van der Waals surface area contributed by atoms with Crippen molar-refractivity contribution in [2.75, 3.05) is 26.2 Å². The maximum absolute atomic E-state index is 15.0. The molecule has 0 N–H and O–H groups in total. The van der Waals surface area contributed by atoms with E-state index in [9.17, 15) is 13.6 Å². The van der Waals surface area contributed by atoms with Crippen LogP contribution >= 0.6 is 0 Å². The molecule has 4 aromatic carbocycles. The average molecular weight is 555 g/mol. The molecule has 4 aromatic rings. The maximum Gasteiger partial charge on any atom is 0.224 e. The Labute approximate surface area is 240 Å². The summed E-state index contributed by atoms with van der Waals surface area (Å²) in [6.45, 7) is 7.82. The molecular weight excluding hydrogens is 518 g/mol. The number of rotatable bonds is 9. The van der Waals surface area contributed by atoms with Gasteiger partial charge in [0.1, 0.15) is 18.2 Å². The Hall–Kier alpha value is -3.87. The number of nitrogens with zero attached hydrogens (tertiary/aromatic N) is 2. The lowest BCUT2D eigenvalue weighted by molar-refractivity contribution is 0.103. The number of ether oxygens (including phenoxy) is 1. The van der Waals surface area contributed by atoms with Gasteiger partial charge in [-0.25, -0.2) is 8.78 Å². The van der Waals surface area contributed by atoms with Crippen LogP contribution in [-0.4, -0.2) is 36.0 Å². The zero-order valence-corrected chi connectivity index (χ0v) is 23.6. The Morgan fingerprint density at radius 3 is 2.12 bits per heavy atom. The summed E-state index contributed by atoms with van der Waals surface area (Å²) in [5.74, 6) is -0.510. The van der Waals surface area contributed by atoms with Crippen LogP contribution < -0.4 is 10.2 Å². The van der Waals surface area contributed by atoms with E-state index in [4.69, 9.17) is 4.74 Å². The molecule has 0 amide bonds. The van der Waals surface area contributed by atoms with Crippen molar-refractivity contribution in [1.82, 2.24) is 9.80 Å². The summed E-state index contributed by atoms with van der Waals surface area (Å²) >= 11 is 0. The Kier molecular flexibility index (Phi) is 9.22. The van der Waals surface area contributed by atoms with Crippen molar-refractivity contribution in [2.24, 2.45) is 0 Å². The predicted molar refractivity (Wildman–Crippen MR) is 159 cm³/mol. The van der Waals surface area contributed by atoms with Crippen LogP contribution in [-0.2, 0) is 13.2 Å². The minimum Gasteiger partial charge on any atom is -0.485 e. The van der Waals surface area contributed by atoms with E-state index >= 15 is 0 Å². The third-order valence-electron chi connectivity index (χ3n) is 7.73. The summed E-state index contributed by atoms with van der Waals surface area (Å²) in [5.41, 5.74) is 4.08. The van der Waals surface area contributed by atoms with E-state index in [2.05, 4.69) is 23.6 Å². The van der Waals surface area contributed by atoms with E-state index in [1.807, 2.05) is 78.9 Å². The lowest BCUT2D eigenvalue weighted by atomic mass is 9.95. The number of benzene rings is 3. The molecule has 5 rings (SSSR count). The summed E-state index contributed by atoms with van der Waals surface area (Å²) in [4.78, 5) is 18.1. The highest BCUT2D eigenvalue weighted by molar-refractivity contribution is 5.35. The van der Waals surface area contributed by atoms with Crippen molar-refractivity contribution in [2.45, 2.75) is 39.0 Å². The summed E-state index contributed by atoms with van der Waals surface area (Å²) < 4.78 is 34.7. The van der Waals surface area contributed by atoms with E-state index in [1.165, 1.54) is 6.07 Å². The van der Waals surface area contributed by atoms with Crippen LogP contribution in [0.15, 0.2) is 102 Å². The molecule has 0 aliphatic carbocycles. The Morgan fingerprint density at radius 1 is 0.780 bits per heavy atom. The van der Waals surface area contributed by atoms with Crippen LogP contribution in [0.3, 0.4) is 0 Å². The van der Waals surface area contributed by atoms with Crippen molar-refractivity contribution in [1.29, 1.82) is 0 Å². The van der Waals surface area contributed by atoms with Gasteiger partial charge < -0.3 is 4.74 Å². The van der Waals surface area contributed by atoms with Gasteiger partial charge in [0, 0.05) is 49.9 Å². The highest BCUT2D eigenvalue weighted by atomic mass is 19.1. The summed E-state index contributed by atoms with van der Waals surface area (Å²) in [6, 6.07) is 28.9. The van der Waals surface area contributed by atoms with Gasteiger partial charge in [-0.3, -0.25) is 14.6 Å². The van der Waals surface area contributed by atoms with Gasteiger partial charge in [-0.1, -0.05) is 92.7 Å². The molecule has 0 saturated carbocycles. The molecule has 1 aliphatic rings. The first-order valence-corrected chi connectivity index (χ1v) is 14.2. The quantitative estimate of drug-likeness (QED) is 0.225. The molecule has 4 nitrogen and oxygen atoms in total. The molecule has 212 valence electrons. The molecule has 1 aliphatic heterocycles. The molecule has 1 atom stereocenters. The highest BCUT2D eigenvalue weighted by Crippen LogP contribution is 2.32. The first-order chi connectivity index (χ1) is 19.9. The van der Waals surface area contributed by atoms with Gasteiger partial charge in [-0.15, -0.1) is 0 Å². The van der Waals surface area contributed by atoms with Crippen LogP contribution in [0.2, 0.25) is 0 Å². The van der Waals surface area contributed by atoms with Gasteiger partial charge in [-0.2, -0.15) is 0 Å². The van der Waals surface area contributed by atoms with Crippen molar-refractivity contribution in [3.63, 3.8) is 0 Å². The summed E-state index contributed by atoms with van der Waals surface area (Å²) in [5, 5.41) is 0. The predicted octanol–water partition coefficient (Wildman–Crippen LogP) is 6.93. The smallest absolute Gasteiger partial charge is 0.224 e. The molecule has 0 radical (unpaired) electrons. The number of halogens is 2. The van der Waals surface area contributed by atoms with Gasteiger partial charge in [0.05, 0.1) is 6.04 Å². The minimum absolute atomic E-state index is 0.0918. The zero-order chi connectivity index (χ0) is 28.8. The van der Waals surface area contributed by atoms with E-state index in [-0.39, 0.29) is 17.4 Å². The first kappa shape index (κ1) is 28.7. The fourth-order valence-electron chi connectivity index (χ4n) is 5.39. The lowest BCUT2D eigenvalue weighted by Crippen LogP contribution is -2.47. The van der Waals surface area contributed by atoms with E-state index in [1.54, 1.807) is 6.07 Å². The van der Waals surface area contributed by atoms with Crippen LogP contribution in [0.25, 0.3) is 0 Å². The van der Waals surface area contributed by atoms with Crippen LogP contribution in [0.4, 0.5) is 8.78 Å². The van der Waals surface area contributed by atoms with E-state index in [0.717, 1.165) is 22.8 Å². The van der Waals surface area contributed by atoms with Crippen LogP contribution in [0.1, 0.15) is 53.6 Å². The second kappa shape index (κ2) is 13.2. The fraction of sp³-hybridized carbons (Fsp3) is 0.286. The minimum atomic E-state index is -0.583. The number of hydrogen-bond acceptors (Lipinski definition) is 4. The molecule has 6 heteroatoms. The van der Waals surface area contributed by atoms with Crippen molar-refractivity contribution in [3.05, 3.63) is 147 Å². The van der Waals surface area contributed by atoms with Gasteiger partial charge in [-0.05, 0) is 34.7 Å². The standard InChI is InChI=1S/C35H36F2N2O2/c1-25(2)28-13-14-29(35(40)33(21-28)41-24-26-9-5-3-6-10-26)23-38-17-19-39(20-18-38)34(27-11-7-4-8-12-27)31-16-15-30(36)22-32(31)37/h3-16,21-22,25,34H,17-20,23-24H2,1-2H3. The Bertz CT molecular complexity index is 1500. The third-order valence-corrected chi connectivity index (χ3v) is 7.73. The molecular formula is C35H36F2N2O2. The summed E-state index contributed by atoms with van der Waals surface area (Å²) in [6.07, 6.45) is 0. The van der Waals surface area contributed by atoms with Gasteiger partial charge in [0.2, 0.25) is 5.43 Å². The lowest BCUT2D eigenvalue weighted by Gasteiger charge is -2.39. The average Bonchev–Trinajstić information content (AvgIpc) is 3.14. The second-order valence-corrected chi connectivity index (χ2v) is 10.9. The Balaban J connectivity index is 1.34. The zero-order valence-electron chi connectivity index (χ0n) is 23.6. The molecule has 0 spiro atoms. The second-order valence-electron chi connectivity index (χ2n) is 10.9. The monoisotopic (exact) mass is 554 g/mol. The Morgan fingerprint density at radius 2 is 1.46 bits per heavy atom. The van der Waals surface area contributed by atoms with Crippen LogP contribution in [0.5, 0.6) is 5.75 Å². The maximum atomic E-state index is 15.0. The largest absolute Gasteiger partial charge is 0.485 e. The van der Waals surface area contributed by atoms with E-state index in [0.29, 0.717) is 56.2 Å². The number of piperazine rings is 1. The molecule has 0 bridgehead atoms. The van der Waals surface area contributed by atoms with Gasteiger partial charge in [0.15, 0.2) is 5.75 Å². The topological polar surface area (TPSA) is 32.8 Å². The molecule has 1 unspecified atom stereocenters. The third kappa shape index (κ3) is 7.07. The molecule has 1 heterocycles. The van der Waals surface area contributed by atoms with Crippen LogP contribution in [0, 0.1) is 11.6 Å². The highest BCUT2D eigenvalue weighted by Gasteiger charge is 2.29. The van der Waals surface area contributed by atoms with Gasteiger partial charge in [0.25, 0.3) is 0 Å². The molecule has 0 aromatic heterocycles. The number of hydrogen-bond donors (Lipinski definition) is 0. The molecule has 1 fully saturated rings. The van der Waals surface area contributed by atoms with E-state index < -0.39 is 11.6 Å². The SMILES string of the molecule is CC(C)c1ccc(CN2CCN(C(c3ccccc3)c3ccc(F)cc3F)CC2)c(=O)c(OCc2ccccc2)c1. The van der Waals surface area contributed by atoms with Crippen molar-refractivity contribution >= 4 is 0 Å². The van der Waals surface area contributed by atoms with Crippen molar-refractivity contribution in [3.8, 4) is 5.75 Å². The molecule has 1 saturated heterocycles. The molecule has 41 heavy (non-hydrogen) atoms.